The molecule has 1 aliphatic heterocycles. The number of anilines is 1. The number of nitrogens with one attached hydrogen (secondary N) is 1. The molecule has 1 unspecified atom stereocenters. The highest BCUT2D eigenvalue weighted by molar-refractivity contribution is 6.05. The second-order valence-electron chi connectivity index (χ2n) is 9.08. The van der Waals surface area contributed by atoms with Crippen LogP contribution in [0.3, 0.4) is 0 Å². The first kappa shape index (κ1) is 28.3. The number of ether oxygens (including phenoxy) is 1. The van der Waals surface area contributed by atoms with E-state index in [1.165, 1.54) is 37.6 Å². The van der Waals surface area contributed by atoms with Crippen LogP contribution in [0.5, 0.6) is 5.75 Å². The lowest BCUT2D eigenvalue weighted by molar-refractivity contribution is -0.137. The van der Waals surface area contributed by atoms with Gasteiger partial charge in [0.05, 0.1) is 35.5 Å². The Kier molecular flexibility index (Phi) is 7.93. The molecule has 0 radical (unpaired) electrons. The highest BCUT2D eigenvalue weighted by Crippen LogP contribution is 2.34. The van der Waals surface area contributed by atoms with Gasteiger partial charge in [0.15, 0.2) is 0 Å². The van der Waals surface area contributed by atoms with Crippen LogP contribution in [0.4, 0.5) is 23.2 Å². The Balaban J connectivity index is 1.61. The molecule has 1 fully saturated rings. The van der Waals surface area contributed by atoms with Gasteiger partial charge >= 0.3 is 6.18 Å². The van der Waals surface area contributed by atoms with Gasteiger partial charge in [-0.15, -0.1) is 0 Å². The van der Waals surface area contributed by atoms with E-state index in [9.17, 15) is 31.9 Å². The fourth-order valence-corrected chi connectivity index (χ4v) is 4.48. The Bertz CT molecular complexity index is 1480. The number of alkyl halides is 3. The highest BCUT2D eigenvalue weighted by atomic mass is 19.4. The lowest BCUT2D eigenvalue weighted by Crippen LogP contribution is -2.40. The van der Waals surface area contributed by atoms with E-state index in [2.05, 4.69) is 17.0 Å². The number of nitrogens with zero attached hydrogens (tertiary/aromatic N) is 3. The molecule has 1 saturated heterocycles. The molecule has 1 aromatic heterocycles. The number of benzene rings is 2. The van der Waals surface area contributed by atoms with Crippen LogP contribution >= 0.6 is 0 Å². The Morgan fingerprint density at radius 1 is 1.18 bits per heavy atom. The number of hydrogen-bond donors (Lipinski definition) is 2. The van der Waals surface area contributed by atoms with Gasteiger partial charge in [0.1, 0.15) is 17.3 Å². The molecule has 0 spiro atoms. The maximum Gasteiger partial charge on any atom is 0.416 e. The molecule has 1 atom stereocenters. The highest BCUT2D eigenvalue weighted by Gasteiger charge is 2.32. The predicted molar refractivity (Wildman–Crippen MR) is 137 cm³/mol. The van der Waals surface area contributed by atoms with Crippen molar-refractivity contribution in [2.75, 3.05) is 25.5 Å². The summed E-state index contributed by atoms with van der Waals surface area (Å²) in [6.45, 7) is 4.47. The van der Waals surface area contributed by atoms with Crippen molar-refractivity contribution in [2.45, 2.75) is 25.1 Å². The molecule has 40 heavy (non-hydrogen) atoms. The summed E-state index contributed by atoms with van der Waals surface area (Å²) in [6, 6.07) is 5.82. The molecule has 2 heterocycles. The van der Waals surface area contributed by atoms with E-state index in [4.69, 9.17) is 10.5 Å². The van der Waals surface area contributed by atoms with Gasteiger partial charge in [-0.2, -0.15) is 18.3 Å². The summed E-state index contributed by atoms with van der Waals surface area (Å²) >= 11 is 0. The molecule has 0 aliphatic carbocycles. The van der Waals surface area contributed by atoms with Crippen molar-refractivity contribution >= 4 is 23.4 Å². The molecule has 13 heteroatoms. The molecule has 210 valence electrons. The molecule has 9 nitrogen and oxygen atoms in total. The van der Waals surface area contributed by atoms with Gasteiger partial charge < -0.3 is 20.7 Å². The lowest BCUT2D eigenvalue weighted by atomic mass is 10.1. The number of hydrogen-bond acceptors (Lipinski definition) is 5. The first-order chi connectivity index (χ1) is 18.9. The number of halogens is 4. The third kappa shape index (κ3) is 5.82. The number of carbonyl (C=O) groups is 3. The van der Waals surface area contributed by atoms with Gasteiger partial charge in [0, 0.05) is 24.8 Å². The second kappa shape index (κ2) is 11.2. The number of piperidine rings is 1. The number of rotatable bonds is 7. The number of aromatic nitrogens is 2. The number of methoxy groups -OCH3 is 1. The average molecular weight is 560 g/mol. The van der Waals surface area contributed by atoms with Crippen LogP contribution in [0.1, 0.15) is 45.2 Å². The zero-order valence-electron chi connectivity index (χ0n) is 21.3. The van der Waals surface area contributed by atoms with Crippen LogP contribution in [0.15, 0.2) is 55.3 Å². The van der Waals surface area contributed by atoms with Crippen LogP contribution in [0.2, 0.25) is 0 Å². The van der Waals surface area contributed by atoms with E-state index >= 15 is 0 Å². The summed E-state index contributed by atoms with van der Waals surface area (Å²) in [6.07, 6.45) is -0.558. The van der Waals surface area contributed by atoms with Crippen LogP contribution in [0, 0.1) is 5.82 Å². The molecule has 1 aliphatic rings. The molecule has 0 bridgehead atoms. The molecule has 0 saturated carbocycles. The van der Waals surface area contributed by atoms with Gasteiger partial charge in [-0.25, -0.2) is 4.39 Å². The third-order valence-corrected chi connectivity index (χ3v) is 6.52. The minimum atomic E-state index is -4.76. The molecule has 3 N–H and O–H groups in total. The fourth-order valence-electron chi connectivity index (χ4n) is 4.48. The molecular weight excluding hydrogens is 534 g/mol. The number of nitrogens with two attached hydrogens (primary N) is 1. The number of amides is 3. The zero-order valence-corrected chi connectivity index (χ0v) is 21.3. The van der Waals surface area contributed by atoms with Gasteiger partial charge in [0.2, 0.25) is 5.91 Å². The molecule has 4 rings (SSSR count). The minimum absolute atomic E-state index is 0.0986. The van der Waals surface area contributed by atoms with E-state index < -0.39 is 34.9 Å². The summed E-state index contributed by atoms with van der Waals surface area (Å²) in [4.78, 5) is 38.6. The van der Waals surface area contributed by atoms with Gasteiger partial charge in [-0.05, 0) is 49.2 Å². The standard InChI is InChI=1S/C27H25F4N5O4/c1-3-23(37)35-10-4-5-17(13-35)36-14-19(25(32)38)24(34-36)15-6-9-21(22(11-15)40-2)33-26(39)18-8-7-16(12-20(18)28)27(29,30)31/h3,6-9,11-12,14,17H,1,4-5,10,13H2,2H3,(H2,32,38)(H,33,39). The van der Waals surface area contributed by atoms with Gasteiger partial charge in [-0.3, -0.25) is 19.1 Å². The normalized spacial score (nSPS) is 15.4. The van der Waals surface area contributed by atoms with E-state index in [0.29, 0.717) is 24.7 Å². The Hall–Kier alpha value is -4.68. The van der Waals surface area contributed by atoms with Gasteiger partial charge in [-0.1, -0.05) is 12.6 Å². The molecule has 3 aromatic rings. The van der Waals surface area contributed by atoms with E-state index in [1.54, 1.807) is 9.58 Å². The van der Waals surface area contributed by atoms with Crippen LogP contribution in [-0.2, 0) is 11.0 Å². The summed E-state index contributed by atoms with van der Waals surface area (Å²) in [7, 11) is 1.31. The summed E-state index contributed by atoms with van der Waals surface area (Å²) in [5, 5.41) is 6.99. The summed E-state index contributed by atoms with van der Waals surface area (Å²) < 4.78 is 59.7. The Morgan fingerprint density at radius 2 is 1.93 bits per heavy atom. The van der Waals surface area contributed by atoms with Gasteiger partial charge in [0.25, 0.3) is 11.8 Å². The van der Waals surface area contributed by atoms with Crippen LogP contribution in [-0.4, -0.2) is 52.6 Å². The average Bonchev–Trinajstić information content (AvgIpc) is 3.38. The minimum Gasteiger partial charge on any atom is -0.495 e. The topological polar surface area (TPSA) is 120 Å². The maximum atomic E-state index is 14.3. The largest absolute Gasteiger partial charge is 0.495 e. The first-order valence-corrected chi connectivity index (χ1v) is 12.1. The van der Waals surface area contributed by atoms with Crippen molar-refractivity contribution in [3.8, 4) is 17.0 Å². The first-order valence-electron chi connectivity index (χ1n) is 12.1. The Morgan fingerprint density at radius 3 is 2.55 bits per heavy atom. The molecule has 2 aromatic carbocycles. The lowest BCUT2D eigenvalue weighted by Gasteiger charge is -2.32. The smallest absolute Gasteiger partial charge is 0.416 e. The zero-order chi connectivity index (χ0) is 29.2. The molecular formula is C27H25F4N5O4. The SMILES string of the molecule is C=CC(=O)N1CCCC(n2cc(C(N)=O)c(-c3ccc(NC(=O)c4ccc(C(F)(F)F)cc4F)c(OC)c3)n2)C1. The van der Waals surface area contributed by atoms with Crippen molar-refractivity contribution in [1.29, 1.82) is 0 Å². The fraction of sp³-hybridized carbons (Fsp3) is 0.259. The van der Waals surface area contributed by atoms with Crippen LogP contribution in [0.25, 0.3) is 11.3 Å². The Labute approximate surface area is 226 Å². The second-order valence-corrected chi connectivity index (χ2v) is 9.08. The monoisotopic (exact) mass is 559 g/mol. The van der Waals surface area contributed by atoms with Crippen LogP contribution < -0.4 is 15.8 Å². The van der Waals surface area contributed by atoms with Crippen molar-refractivity contribution in [3.05, 3.63) is 77.8 Å². The van der Waals surface area contributed by atoms with Crippen molar-refractivity contribution < 1.29 is 36.7 Å². The van der Waals surface area contributed by atoms with Crippen molar-refractivity contribution in [1.82, 2.24) is 14.7 Å². The molecule has 3 amide bonds. The number of carbonyl (C=O) groups excluding carboxylic acids is 3. The summed E-state index contributed by atoms with van der Waals surface area (Å²) in [5.74, 6) is -3.15. The summed E-state index contributed by atoms with van der Waals surface area (Å²) in [5.41, 5.74) is 4.67. The van der Waals surface area contributed by atoms with Crippen molar-refractivity contribution in [3.63, 3.8) is 0 Å². The van der Waals surface area contributed by atoms with E-state index in [1.807, 2.05) is 0 Å². The van der Waals surface area contributed by atoms with E-state index in [0.717, 1.165) is 18.9 Å². The number of primary amides is 1. The predicted octanol–water partition coefficient (Wildman–Crippen LogP) is 4.42. The number of likely N-dealkylation sites (tertiary alicyclic amines) is 1. The maximum absolute atomic E-state index is 14.3. The third-order valence-electron chi connectivity index (χ3n) is 6.52. The van der Waals surface area contributed by atoms with Crippen molar-refractivity contribution in [2.24, 2.45) is 5.73 Å². The quantitative estimate of drug-likeness (QED) is 0.328. The van der Waals surface area contributed by atoms with E-state index in [-0.39, 0.29) is 40.7 Å².